The van der Waals surface area contributed by atoms with Crippen LogP contribution in [0, 0.1) is 17.1 Å². The smallest absolute Gasteiger partial charge is 0.266 e. The Bertz CT molecular complexity index is 1430. The van der Waals surface area contributed by atoms with Crippen LogP contribution in [0.1, 0.15) is 6.42 Å². The molecule has 6 nitrogen and oxygen atoms in total. The number of nitriles is 1. The molecule has 4 rings (SSSR count). The maximum Gasteiger partial charge on any atom is 0.266 e. The van der Waals surface area contributed by atoms with Crippen molar-refractivity contribution in [1.82, 2.24) is 9.55 Å². The van der Waals surface area contributed by atoms with E-state index >= 15 is 0 Å². The molecule has 0 N–H and O–H groups in total. The van der Waals surface area contributed by atoms with E-state index < -0.39 is 5.82 Å². The molecule has 3 aromatic carbocycles. The maximum absolute atomic E-state index is 13.4. The molecule has 0 fully saturated rings. The summed E-state index contributed by atoms with van der Waals surface area (Å²) in [4.78, 5) is 32.5. The number of carbonyl (C=O) groups excluding carboxylic acids is 1. The van der Waals surface area contributed by atoms with Crippen molar-refractivity contribution in [1.29, 1.82) is 5.26 Å². The zero-order valence-corrected chi connectivity index (χ0v) is 19.4. The number of fused-ring (bicyclic) bond motifs is 1. The Labute approximate surface area is 204 Å². The molecule has 0 saturated heterocycles. The average Bonchev–Trinajstić information content (AvgIpc) is 2.85. The number of thioether (sulfide) groups is 1. The zero-order chi connectivity index (χ0) is 24.1. The molecule has 1 aromatic heterocycles. The highest BCUT2D eigenvalue weighted by Crippen LogP contribution is 2.24. The Morgan fingerprint density at radius 1 is 1.09 bits per heavy atom. The van der Waals surface area contributed by atoms with E-state index in [1.54, 1.807) is 48.5 Å². The van der Waals surface area contributed by atoms with E-state index in [1.807, 2.05) is 6.07 Å². The second kappa shape index (κ2) is 10.5. The lowest BCUT2D eigenvalue weighted by Crippen LogP contribution is -2.33. The van der Waals surface area contributed by atoms with E-state index in [0.29, 0.717) is 32.5 Å². The Kier molecular flexibility index (Phi) is 7.26. The highest BCUT2D eigenvalue weighted by Gasteiger charge is 2.19. The van der Waals surface area contributed by atoms with Crippen LogP contribution in [0.15, 0.2) is 82.7 Å². The van der Waals surface area contributed by atoms with Crippen LogP contribution < -0.4 is 10.5 Å². The summed E-state index contributed by atoms with van der Waals surface area (Å²) in [6.45, 7) is 0.163. The lowest BCUT2D eigenvalue weighted by atomic mass is 10.2. The number of carbonyl (C=O) groups is 1. The fourth-order valence-corrected chi connectivity index (χ4v) is 4.43. The molecule has 0 radical (unpaired) electrons. The van der Waals surface area contributed by atoms with Gasteiger partial charge in [0.15, 0.2) is 5.16 Å². The number of rotatable bonds is 7. The predicted octanol–water partition coefficient (Wildman–Crippen LogP) is 5.22. The SMILES string of the molecule is N#CCCN(C(=O)CSc1nc2ccccc2c(=O)n1-c1ccc(Cl)cc1)c1ccc(F)cc1. The van der Waals surface area contributed by atoms with Crippen molar-refractivity contribution in [3.63, 3.8) is 0 Å². The molecule has 0 saturated carbocycles. The van der Waals surface area contributed by atoms with Gasteiger partial charge in [0.05, 0.1) is 34.8 Å². The van der Waals surface area contributed by atoms with E-state index in [9.17, 15) is 14.0 Å². The van der Waals surface area contributed by atoms with E-state index in [4.69, 9.17) is 16.9 Å². The van der Waals surface area contributed by atoms with Gasteiger partial charge in [0.25, 0.3) is 5.56 Å². The number of nitrogens with zero attached hydrogens (tertiary/aromatic N) is 4. The number of benzene rings is 3. The molecule has 0 aliphatic rings. The summed E-state index contributed by atoms with van der Waals surface area (Å²) in [6.07, 6.45) is 0.123. The molecule has 1 heterocycles. The van der Waals surface area contributed by atoms with Crippen LogP contribution in [0.5, 0.6) is 0 Å². The Morgan fingerprint density at radius 2 is 1.79 bits per heavy atom. The minimum absolute atomic E-state index is 0.0405. The van der Waals surface area contributed by atoms with Gasteiger partial charge in [-0.1, -0.05) is 35.5 Å². The largest absolute Gasteiger partial charge is 0.311 e. The molecular weight excluding hydrogens is 475 g/mol. The van der Waals surface area contributed by atoms with Crippen molar-refractivity contribution in [3.8, 4) is 11.8 Å². The number of aromatic nitrogens is 2. The zero-order valence-electron chi connectivity index (χ0n) is 17.8. The Hall–Kier alpha value is -3.67. The molecule has 1 amide bonds. The molecular formula is C25H18ClFN4O2S. The van der Waals surface area contributed by atoms with Gasteiger partial charge in [0, 0.05) is 17.3 Å². The van der Waals surface area contributed by atoms with E-state index in [0.717, 1.165) is 11.8 Å². The first kappa shape index (κ1) is 23.5. The van der Waals surface area contributed by atoms with E-state index in [2.05, 4.69) is 4.98 Å². The Balaban J connectivity index is 1.69. The summed E-state index contributed by atoms with van der Waals surface area (Å²) in [5, 5.41) is 10.3. The van der Waals surface area contributed by atoms with E-state index in [-0.39, 0.29) is 30.2 Å². The molecule has 170 valence electrons. The molecule has 4 aromatic rings. The molecule has 0 unspecified atom stereocenters. The maximum atomic E-state index is 13.4. The lowest BCUT2D eigenvalue weighted by Gasteiger charge is -2.22. The van der Waals surface area contributed by atoms with Gasteiger partial charge in [0.1, 0.15) is 5.82 Å². The highest BCUT2D eigenvalue weighted by molar-refractivity contribution is 7.99. The van der Waals surface area contributed by atoms with Gasteiger partial charge in [-0.3, -0.25) is 14.2 Å². The van der Waals surface area contributed by atoms with Crippen molar-refractivity contribution in [2.45, 2.75) is 11.6 Å². The minimum Gasteiger partial charge on any atom is -0.311 e. The average molecular weight is 493 g/mol. The van der Waals surface area contributed by atoms with Gasteiger partial charge in [-0.05, 0) is 60.7 Å². The highest BCUT2D eigenvalue weighted by atomic mass is 35.5. The first-order valence-corrected chi connectivity index (χ1v) is 11.7. The number of halogens is 2. The Morgan fingerprint density at radius 3 is 2.50 bits per heavy atom. The van der Waals surface area contributed by atoms with Crippen LogP contribution in [-0.4, -0.2) is 27.8 Å². The third kappa shape index (κ3) is 5.11. The molecule has 0 spiro atoms. The fraction of sp³-hybridized carbons (Fsp3) is 0.120. The number of para-hydroxylation sites is 1. The van der Waals surface area contributed by atoms with Gasteiger partial charge in [-0.15, -0.1) is 0 Å². The summed E-state index contributed by atoms with van der Waals surface area (Å²) >= 11 is 7.13. The topological polar surface area (TPSA) is 79.0 Å². The molecule has 0 aliphatic heterocycles. The van der Waals surface area contributed by atoms with Crippen LogP contribution in [0.2, 0.25) is 5.02 Å². The van der Waals surface area contributed by atoms with E-state index in [1.165, 1.54) is 33.7 Å². The van der Waals surface area contributed by atoms with Crippen LogP contribution >= 0.6 is 23.4 Å². The van der Waals surface area contributed by atoms with Crippen molar-refractivity contribution in [2.75, 3.05) is 17.2 Å². The van der Waals surface area contributed by atoms with Crippen molar-refractivity contribution in [3.05, 3.63) is 94.0 Å². The van der Waals surface area contributed by atoms with Gasteiger partial charge >= 0.3 is 0 Å². The van der Waals surface area contributed by atoms with Crippen molar-refractivity contribution in [2.24, 2.45) is 0 Å². The molecule has 9 heteroatoms. The fourth-order valence-electron chi connectivity index (χ4n) is 3.41. The summed E-state index contributed by atoms with van der Waals surface area (Å²) in [6, 6.07) is 21.3. The third-order valence-corrected chi connectivity index (χ3v) is 6.22. The quantitative estimate of drug-likeness (QED) is 0.261. The monoisotopic (exact) mass is 492 g/mol. The standard InChI is InChI=1S/C25H18ClFN4O2S/c26-17-6-10-20(11-7-17)31-24(33)21-4-1-2-5-22(21)29-25(31)34-16-23(32)30(15-3-14-28)19-12-8-18(27)9-13-19/h1-2,4-13H,3,15-16H2. The first-order valence-electron chi connectivity index (χ1n) is 10.3. The summed E-state index contributed by atoms with van der Waals surface area (Å²) in [5.74, 6) is -0.753. The molecule has 0 aliphatic carbocycles. The summed E-state index contributed by atoms with van der Waals surface area (Å²) in [7, 11) is 0. The van der Waals surface area contributed by atoms with Gasteiger partial charge in [-0.25, -0.2) is 9.37 Å². The van der Waals surface area contributed by atoms with Gasteiger partial charge < -0.3 is 4.90 Å². The molecule has 0 bridgehead atoms. The minimum atomic E-state index is -0.418. The van der Waals surface area contributed by atoms with Crippen LogP contribution in [0.4, 0.5) is 10.1 Å². The second-order valence-electron chi connectivity index (χ2n) is 7.25. The molecule has 34 heavy (non-hydrogen) atoms. The third-order valence-electron chi connectivity index (χ3n) is 5.04. The van der Waals surface area contributed by atoms with Crippen LogP contribution in [0.3, 0.4) is 0 Å². The van der Waals surface area contributed by atoms with Crippen molar-refractivity contribution < 1.29 is 9.18 Å². The number of hydrogen-bond donors (Lipinski definition) is 0. The molecule has 0 atom stereocenters. The summed E-state index contributed by atoms with van der Waals surface area (Å²) in [5.41, 5.74) is 1.32. The van der Waals surface area contributed by atoms with Crippen LogP contribution in [0.25, 0.3) is 16.6 Å². The lowest BCUT2D eigenvalue weighted by molar-refractivity contribution is -0.116. The number of amides is 1. The van der Waals surface area contributed by atoms with Gasteiger partial charge in [0.2, 0.25) is 5.91 Å². The first-order chi connectivity index (χ1) is 16.5. The predicted molar refractivity (Wildman–Crippen MR) is 132 cm³/mol. The second-order valence-corrected chi connectivity index (χ2v) is 8.63. The normalized spacial score (nSPS) is 10.7. The number of anilines is 1. The van der Waals surface area contributed by atoms with Crippen LogP contribution in [-0.2, 0) is 4.79 Å². The number of hydrogen-bond acceptors (Lipinski definition) is 5. The van der Waals surface area contributed by atoms with Crippen molar-refractivity contribution >= 4 is 45.9 Å². The van der Waals surface area contributed by atoms with Gasteiger partial charge in [-0.2, -0.15) is 5.26 Å². The summed E-state index contributed by atoms with van der Waals surface area (Å²) < 4.78 is 14.8.